The fourth-order valence-corrected chi connectivity index (χ4v) is 4.81. The van der Waals surface area contributed by atoms with Gasteiger partial charge in [-0.25, -0.2) is 4.98 Å². The SMILES string of the molecule is CC(=O)N1CCC(CC(=O)Nc2ccc3cc2CCc2cncc(c2)Nc2ncc(Cl)c(n2)N3)CC1. The number of anilines is 5. The fourth-order valence-electron chi connectivity index (χ4n) is 4.67. The summed E-state index contributed by atoms with van der Waals surface area (Å²) in [5.41, 5.74) is 4.45. The molecule has 0 aliphatic carbocycles. The van der Waals surface area contributed by atoms with E-state index >= 15 is 0 Å². The predicted molar refractivity (Wildman–Crippen MR) is 140 cm³/mol. The zero-order chi connectivity index (χ0) is 25.1. The summed E-state index contributed by atoms with van der Waals surface area (Å²) in [5, 5.41) is 9.98. The lowest BCUT2D eigenvalue weighted by Crippen LogP contribution is -2.37. The van der Waals surface area contributed by atoms with E-state index in [2.05, 4.69) is 30.9 Å². The van der Waals surface area contributed by atoms with Gasteiger partial charge >= 0.3 is 0 Å². The zero-order valence-electron chi connectivity index (χ0n) is 20.1. The number of amides is 2. The van der Waals surface area contributed by atoms with E-state index in [0.29, 0.717) is 42.7 Å². The van der Waals surface area contributed by atoms with Crippen LogP contribution in [0.15, 0.2) is 42.9 Å². The lowest BCUT2D eigenvalue weighted by molar-refractivity contribution is -0.130. The first-order valence-electron chi connectivity index (χ1n) is 12.1. The van der Waals surface area contributed by atoms with Gasteiger partial charge in [-0.1, -0.05) is 11.6 Å². The first kappa shape index (κ1) is 24.0. The number of pyridine rings is 1. The second-order valence-electron chi connectivity index (χ2n) is 9.30. The first-order valence-corrected chi connectivity index (χ1v) is 12.5. The van der Waals surface area contributed by atoms with Crippen molar-refractivity contribution >= 4 is 52.2 Å². The monoisotopic (exact) mass is 505 g/mol. The molecule has 4 heterocycles. The van der Waals surface area contributed by atoms with Crippen molar-refractivity contribution in [2.75, 3.05) is 29.0 Å². The maximum Gasteiger partial charge on any atom is 0.229 e. The molecule has 2 aromatic heterocycles. The highest BCUT2D eigenvalue weighted by Gasteiger charge is 2.23. The Kier molecular flexibility index (Phi) is 6.99. The lowest BCUT2D eigenvalue weighted by Gasteiger charge is -2.31. The van der Waals surface area contributed by atoms with Crippen molar-refractivity contribution in [2.24, 2.45) is 5.92 Å². The number of carbonyl (C=O) groups is 2. The summed E-state index contributed by atoms with van der Waals surface area (Å²) in [5.74, 6) is 1.27. The topological polar surface area (TPSA) is 112 Å². The van der Waals surface area contributed by atoms with E-state index in [1.165, 1.54) is 0 Å². The number of likely N-dealkylation sites (tertiary alicyclic amines) is 1. The van der Waals surface area contributed by atoms with Crippen LogP contribution in [0.1, 0.15) is 37.3 Å². The van der Waals surface area contributed by atoms with Gasteiger partial charge in [-0.05, 0) is 67.0 Å². The second kappa shape index (κ2) is 10.5. The van der Waals surface area contributed by atoms with Crippen molar-refractivity contribution in [1.82, 2.24) is 19.9 Å². The van der Waals surface area contributed by atoms with Gasteiger partial charge in [0, 0.05) is 44.0 Å². The number of fused-ring (bicyclic) bond motifs is 6. The Morgan fingerprint density at radius 2 is 1.92 bits per heavy atom. The summed E-state index contributed by atoms with van der Waals surface area (Å²) in [6, 6.07) is 7.85. The smallest absolute Gasteiger partial charge is 0.229 e. The van der Waals surface area contributed by atoms with Crippen molar-refractivity contribution in [3.05, 3.63) is 59.0 Å². The average molecular weight is 506 g/mol. The Hall–Kier alpha value is -3.72. The van der Waals surface area contributed by atoms with Crippen LogP contribution in [-0.2, 0) is 22.4 Å². The number of halogens is 1. The molecule has 1 saturated heterocycles. The molecule has 2 amide bonds. The van der Waals surface area contributed by atoms with Gasteiger partial charge in [0.1, 0.15) is 5.02 Å². The molecular weight excluding hydrogens is 478 g/mol. The zero-order valence-corrected chi connectivity index (χ0v) is 20.8. The molecule has 0 spiro atoms. The van der Waals surface area contributed by atoms with Gasteiger partial charge in [-0.3, -0.25) is 14.6 Å². The number of rotatable bonds is 3. The number of aryl methyl sites for hydroxylation is 2. The normalized spacial score (nSPS) is 15.4. The van der Waals surface area contributed by atoms with Gasteiger partial charge in [0.05, 0.1) is 18.1 Å². The number of aromatic nitrogens is 3. The van der Waals surface area contributed by atoms with Gasteiger partial charge in [0.25, 0.3) is 0 Å². The minimum atomic E-state index is -0.00694. The molecule has 9 nitrogen and oxygen atoms in total. The fraction of sp³-hybridized carbons (Fsp3) is 0.346. The average Bonchev–Trinajstić information content (AvgIpc) is 2.86. The standard InChI is InChI=1S/C26H28ClN7O2/c1-16(35)34-8-6-17(7-9-34)11-24(36)32-23-5-4-20-12-19(23)3-2-18-10-21(14-28-13-18)31-26-29-15-22(27)25(30-20)33-26/h4-5,10,12-15,17H,2-3,6-9,11H2,1H3,(H,32,36)(H2,29,30,31,33). The van der Waals surface area contributed by atoms with Gasteiger partial charge in [0.15, 0.2) is 5.82 Å². The van der Waals surface area contributed by atoms with Crippen molar-refractivity contribution < 1.29 is 9.59 Å². The second-order valence-corrected chi connectivity index (χ2v) is 9.70. The molecule has 1 fully saturated rings. The quantitative estimate of drug-likeness (QED) is 0.473. The van der Waals surface area contributed by atoms with E-state index in [1.807, 2.05) is 35.4 Å². The minimum Gasteiger partial charge on any atom is -0.343 e. The Balaban J connectivity index is 1.36. The van der Waals surface area contributed by atoms with Crippen molar-refractivity contribution in [3.8, 4) is 0 Å². The minimum absolute atomic E-state index is 0.00694. The molecule has 36 heavy (non-hydrogen) atoms. The summed E-state index contributed by atoms with van der Waals surface area (Å²) in [6.45, 7) is 3.03. The highest BCUT2D eigenvalue weighted by molar-refractivity contribution is 6.32. The molecule has 0 atom stereocenters. The van der Waals surface area contributed by atoms with Crippen LogP contribution in [0.2, 0.25) is 5.02 Å². The number of nitrogens with one attached hydrogen (secondary N) is 3. The third-order valence-electron chi connectivity index (χ3n) is 6.65. The molecule has 0 saturated carbocycles. The molecule has 1 aromatic carbocycles. The summed E-state index contributed by atoms with van der Waals surface area (Å²) >= 11 is 6.35. The third-order valence-corrected chi connectivity index (χ3v) is 6.93. The van der Waals surface area contributed by atoms with Gasteiger partial charge in [-0.15, -0.1) is 0 Å². The van der Waals surface area contributed by atoms with Crippen LogP contribution in [0.4, 0.5) is 28.8 Å². The number of hydrogen-bond acceptors (Lipinski definition) is 7. The highest BCUT2D eigenvalue weighted by Crippen LogP contribution is 2.30. The van der Waals surface area contributed by atoms with Crippen LogP contribution in [0, 0.1) is 5.92 Å². The van der Waals surface area contributed by atoms with Crippen LogP contribution in [-0.4, -0.2) is 44.8 Å². The van der Waals surface area contributed by atoms with E-state index in [4.69, 9.17) is 11.6 Å². The molecule has 6 bridgehead atoms. The van der Waals surface area contributed by atoms with Crippen molar-refractivity contribution in [3.63, 3.8) is 0 Å². The van der Waals surface area contributed by atoms with Crippen LogP contribution >= 0.6 is 11.6 Å². The Labute approximate surface area is 214 Å². The lowest BCUT2D eigenvalue weighted by atomic mass is 9.93. The maximum absolute atomic E-state index is 12.9. The molecule has 186 valence electrons. The molecule has 0 unspecified atom stereocenters. The van der Waals surface area contributed by atoms with E-state index in [0.717, 1.165) is 47.5 Å². The maximum atomic E-state index is 12.9. The highest BCUT2D eigenvalue weighted by atomic mass is 35.5. The molecule has 2 aliphatic rings. The molecule has 3 N–H and O–H groups in total. The number of benzene rings is 1. The molecule has 5 rings (SSSR count). The van der Waals surface area contributed by atoms with Gasteiger partial charge < -0.3 is 20.9 Å². The van der Waals surface area contributed by atoms with Gasteiger partial charge in [-0.2, -0.15) is 4.98 Å². The number of piperidine rings is 1. The molecule has 2 aliphatic heterocycles. The summed E-state index contributed by atoms with van der Waals surface area (Å²) in [6.07, 6.45) is 8.72. The molecular formula is C26H28ClN7O2. The first-order chi connectivity index (χ1) is 17.4. The van der Waals surface area contributed by atoms with Crippen LogP contribution in [0.25, 0.3) is 0 Å². The predicted octanol–water partition coefficient (Wildman–Crippen LogP) is 4.70. The molecule has 3 aromatic rings. The summed E-state index contributed by atoms with van der Waals surface area (Å²) < 4.78 is 0. The van der Waals surface area contributed by atoms with Crippen molar-refractivity contribution in [2.45, 2.75) is 39.0 Å². The van der Waals surface area contributed by atoms with E-state index in [1.54, 1.807) is 19.3 Å². The summed E-state index contributed by atoms with van der Waals surface area (Å²) in [7, 11) is 0. The van der Waals surface area contributed by atoms with E-state index in [-0.39, 0.29) is 17.7 Å². The number of carbonyl (C=O) groups excluding carboxylic acids is 2. The summed E-state index contributed by atoms with van der Waals surface area (Å²) in [4.78, 5) is 39.5. The molecule has 10 heteroatoms. The Morgan fingerprint density at radius 3 is 2.72 bits per heavy atom. The van der Waals surface area contributed by atoms with E-state index < -0.39 is 0 Å². The van der Waals surface area contributed by atoms with Gasteiger partial charge in [0.2, 0.25) is 17.8 Å². The van der Waals surface area contributed by atoms with Crippen LogP contribution in [0.3, 0.4) is 0 Å². The molecule has 0 radical (unpaired) electrons. The Morgan fingerprint density at radius 1 is 1.08 bits per heavy atom. The largest absolute Gasteiger partial charge is 0.343 e. The number of hydrogen-bond donors (Lipinski definition) is 3. The number of nitrogens with zero attached hydrogens (tertiary/aromatic N) is 4. The van der Waals surface area contributed by atoms with Crippen LogP contribution < -0.4 is 16.0 Å². The van der Waals surface area contributed by atoms with Crippen LogP contribution in [0.5, 0.6) is 0 Å². The van der Waals surface area contributed by atoms with Crippen molar-refractivity contribution in [1.29, 1.82) is 0 Å². The third kappa shape index (κ3) is 5.73. The Bertz CT molecular complexity index is 1290. The van der Waals surface area contributed by atoms with E-state index in [9.17, 15) is 9.59 Å².